The van der Waals surface area contributed by atoms with Gasteiger partial charge in [0.15, 0.2) is 4.96 Å². The van der Waals surface area contributed by atoms with Crippen LogP contribution in [0.15, 0.2) is 35.8 Å². The van der Waals surface area contributed by atoms with Crippen molar-refractivity contribution in [3.63, 3.8) is 0 Å². The summed E-state index contributed by atoms with van der Waals surface area (Å²) >= 11 is 7.51. The molecule has 0 aliphatic carbocycles. The second kappa shape index (κ2) is 9.05. The molecule has 0 unspecified atom stereocenters. The number of rotatable bonds is 7. The molecule has 0 atom stereocenters. The number of fused-ring (bicyclic) bond motifs is 1. The number of thiazole rings is 1. The molecule has 2 aromatic heterocycles. The van der Waals surface area contributed by atoms with Crippen molar-refractivity contribution in [2.75, 3.05) is 39.4 Å². The Balaban J connectivity index is 1.31. The number of morpholine rings is 1. The quantitative estimate of drug-likeness (QED) is 0.599. The molecule has 1 aromatic carbocycles. The van der Waals surface area contributed by atoms with Gasteiger partial charge in [-0.2, -0.15) is 0 Å². The summed E-state index contributed by atoms with van der Waals surface area (Å²) in [7, 11) is 0. The van der Waals surface area contributed by atoms with E-state index in [0.29, 0.717) is 18.0 Å². The second-order valence-corrected chi connectivity index (χ2v) is 8.12. The zero-order chi connectivity index (χ0) is 19.3. The number of aromatic nitrogens is 2. The molecule has 1 saturated heterocycles. The molecule has 8 heteroatoms. The maximum absolute atomic E-state index is 12.3. The SMILES string of the molecule is O=C(Cc1csc2nc(-c3ccc(Cl)cc3)cn12)NCCCN1CCOCC1. The van der Waals surface area contributed by atoms with Crippen LogP contribution in [0.2, 0.25) is 5.02 Å². The van der Waals surface area contributed by atoms with Crippen molar-refractivity contribution >= 4 is 33.8 Å². The van der Waals surface area contributed by atoms with Crippen molar-refractivity contribution in [1.29, 1.82) is 0 Å². The lowest BCUT2D eigenvalue weighted by Gasteiger charge is -2.26. The number of carbonyl (C=O) groups excluding carboxylic acids is 1. The number of halogens is 1. The fraction of sp³-hybridized carbons (Fsp3) is 0.400. The normalized spacial score (nSPS) is 15.2. The minimum atomic E-state index is 0.0448. The van der Waals surface area contributed by atoms with E-state index in [4.69, 9.17) is 16.3 Å². The number of imidazole rings is 1. The Morgan fingerprint density at radius 2 is 2.04 bits per heavy atom. The monoisotopic (exact) mass is 418 g/mol. The van der Waals surface area contributed by atoms with E-state index in [1.54, 1.807) is 11.3 Å². The molecule has 3 heterocycles. The third-order valence-corrected chi connectivity index (χ3v) is 5.98. The lowest BCUT2D eigenvalue weighted by Crippen LogP contribution is -2.38. The summed E-state index contributed by atoms with van der Waals surface area (Å²) < 4.78 is 7.35. The van der Waals surface area contributed by atoms with Crippen LogP contribution in [-0.2, 0) is 16.0 Å². The molecule has 6 nitrogen and oxygen atoms in total. The Hall–Kier alpha value is -1.93. The third kappa shape index (κ3) is 4.72. The number of nitrogens with one attached hydrogen (secondary N) is 1. The number of hydrogen-bond donors (Lipinski definition) is 1. The predicted octanol–water partition coefficient (Wildman–Crippen LogP) is 3.10. The molecule has 1 N–H and O–H groups in total. The molecule has 0 spiro atoms. The van der Waals surface area contributed by atoms with Gasteiger partial charge in [0.2, 0.25) is 5.91 Å². The van der Waals surface area contributed by atoms with Gasteiger partial charge in [-0.3, -0.25) is 14.1 Å². The van der Waals surface area contributed by atoms with Crippen molar-refractivity contribution in [1.82, 2.24) is 19.6 Å². The lowest BCUT2D eigenvalue weighted by molar-refractivity contribution is -0.120. The van der Waals surface area contributed by atoms with E-state index in [1.165, 1.54) is 0 Å². The van der Waals surface area contributed by atoms with Gasteiger partial charge in [-0.25, -0.2) is 4.98 Å². The van der Waals surface area contributed by atoms with Gasteiger partial charge < -0.3 is 10.1 Å². The molecular weight excluding hydrogens is 396 g/mol. The number of ether oxygens (including phenoxy) is 1. The summed E-state index contributed by atoms with van der Waals surface area (Å²) in [6.45, 7) is 5.28. The Morgan fingerprint density at radius 1 is 1.25 bits per heavy atom. The summed E-state index contributed by atoms with van der Waals surface area (Å²) in [6, 6.07) is 7.62. The van der Waals surface area contributed by atoms with Gasteiger partial charge in [-0.05, 0) is 25.1 Å². The van der Waals surface area contributed by atoms with Crippen LogP contribution in [0.3, 0.4) is 0 Å². The minimum absolute atomic E-state index is 0.0448. The number of benzene rings is 1. The molecule has 0 radical (unpaired) electrons. The summed E-state index contributed by atoms with van der Waals surface area (Å²) in [6.07, 6.45) is 3.29. The molecule has 1 amide bonds. The number of amides is 1. The van der Waals surface area contributed by atoms with Gasteiger partial charge in [0.25, 0.3) is 0 Å². The summed E-state index contributed by atoms with van der Waals surface area (Å²) in [5.41, 5.74) is 2.85. The smallest absolute Gasteiger partial charge is 0.225 e. The maximum Gasteiger partial charge on any atom is 0.225 e. The fourth-order valence-corrected chi connectivity index (χ4v) is 4.30. The predicted molar refractivity (Wildman–Crippen MR) is 112 cm³/mol. The largest absolute Gasteiger partial charge is 0.379 e. The van der Waals surface area contributed by atoms with E-state index in [2.05, 4.69) is 15.2 Å². The fourth-order valence-electron chi connectivity index (χ4n) is 3.30. The van der Waals surface area contributed by atoms with Gasteiger partial charge in [0.1, 0.15) is 0 Å². The van der Waals surface area contributed by atoms with Crippen molar-refractivity contribution < 1.29 is 9.53 Å². The minimum Gasteiger partial charge on any atom is -0.379 e. The van der Waals surface area contributed by atoms with Gasteiger partial charge in [-0.1, -0.05) is 23.7 Å². The first-order valence-electron chi connectivity index (χ1n) is 9.47. The van der Waals surface area contributed by atoms with Gasteiger partial charge in [0.05, 0.1) is 25.3 Å². The van der Waals surface area contributed by atoms with Crippen LogP contribution in [0.25, 0.3) is 16.2 Å². The lowest BCUT2D eigenvalue weighted by atomic mass is 10.2. The van der Waals surface area contributed by atoms with Gasteiger partial charge in [0, 0.05) is 47.5 Å². The van der Waals surface area contributed by atoms with Crippen molar-refractivity contribution in [3.05, 3.63) is 46.6 Å². The summed E-state index contributed by atoms with van der Waals surface area (Å²) in [4.78, 5) is 20.3. The zero-order valence-corrected chi connectivity index (χ0v) is 17.1. The molecule has 1 aliphatic heterocycles. The summed E-state index contributed by atoms with van der Waals surface area (Å²) in [5.74, 6) is 0.0448. The van der Waals surface area contributed by atoms with E-state index in [-0.39, 0.29) is 5.91 Å². The van der Waals surface area contributed by atoms with Crippen LogP contribution in [0.1, 0.15) is 12.1 Å². The first-order valence-corrected chi connectivity index (χ1v) is 10.7. The first kappa shape index (κ1) is 19.4. The molecule has 1 aliphatic rings. The third-order valence-electron chi connectivity index (χ3n) is 4.84. The molecule has 4 rings (SSSR count). The highest BCUT2D eigenvalue weighted by molar-refractivity contribution is 7.15. The zero-order valence-electron chi connectivity index (χ0n) is 15.6. The highest BCUT2D eigenvalue weighted by Crippen LogP contribution is 2.25. The van der Waals surface area contributed by atoms with Crippen molar-refractivity contribution in [2.45, 2.75) is 12.8 Å². The maximum atomic E-state index is 12.3. The van der Waals surface area contributed by atoms with Crippen molar-refractivity contribution in [2.24, 2.45) is 0 Å². The van der Waals surface area contributed by atoms with E-state index >= 15 is 0 Å². The van der Waals surface area contributed by atoms with E-state index in [0.717, 1.165) is 61.2 Å². The number of nitrogens with zero attached hydrogens (tertiary/aromatic N) is 3. The van der Waals surface area contributed by atoms with Crippen LogP contribution in [0.4, 0.5) is 0 Å². The number of hydrogen-bond acceptors (Lipinski definition) is 5. The van der Waals surface area contributed by atoms with Crippen LogP contribution in [0.5, 0.6) is 0 Å². The molecule has 3 aromatic rings. The van der Waals surface area contributed by atoms with Crippen LogP contribution in [0, 0.1) is 0 Å². The molecule has 0 saturated carbocycles. The van der Waals surface area contributed by atoms with E-state index in [9.17, 15) is 4.79 Å². The van der Waals surface area contributed by atoms with Crippen LogP contribution in [-0.4, -0.2) is 59.6 Å². The highest BCUT2D eigenvalue weighted by Gasteiger charge is 2.13. The Bertz CT molecular complexity index is 931. The second-order valence-electron chi connectivity index (χ2n) is 6.85. The summed E-state index contributed by atoms with van der Waals surface area (Å²) in [5, 5.41) is 5.73. The molecular formula is C20H23ClN4O2S. The highest BCUT2D eigenvalue weighted by atomic mass is 35.5. The number of carbonyl (C=O) groups is 1. The average Bonchev–Trinajstić information content (AvgIpc) is 3.29. The van der Waals surface area contributed by atoms with E-state index < -0.39 is 0 Å². The molecule has 28 heavy (non-hydrogen) atoms. The topological polar surface area (TPSA) is 58.9 Å². The van der Waals surface area contributed by atoms with E-state index in [1.807, 2.05) is 40.2 Å². The van der Waals surface area contributed by atoms with Gasteiger partial charge >= 0.3 is 0 Å². The molecule has 0 bridgehead atoms. The molecule has 148 valence electrons. The van der Waals surface area contributed by atoms with Crippen LogP contribution >= 0.6 is 22.9 Å². The Kier molecular flexibility index (Phi) is 6.26. The average molecular weight is 419 g/mol. The van der Waals surface area contributed by atoms with Gasteiger partial charge in [-0.15, -0.1) is 11.3 Å². The molecule has 1 fully saturated rings. The standard InChI is InChI=1S/C20H23ClN4O2S/c21-16-4-2-15(3-5-16)18-13-25-17(14-28-20(25)23-18)12-19(26)22-6-1-7-24-8-10-27-11-9-24/h2-5,13-14H,1,6-12H2,(H,22,26). The van der Waals surface area contributed by atoms with Crippen molar-refractivity contribution in [3.8, 4) is 11.3 Å². The Labute approximate surface area is 173 Å². The van der Waals surface area contributed by atoms with Crippen LogP contribution < -0.4 is 5.32 Å². The first-order chi connectivity index (χ1) is 13.7. The Morgan fingerprint density at radius 3 is 2.82 bits per heavy atom.